The molecule has 6 heteroatoms. The fourth-order valence-electron chi connectivity index (χ4n) is 1.81. The Bertz CT molecular complexity index is 629. The van der Waals surface area contributed by atoms with Crippen molar-refractivity contribution < 1.29 is 23.1 Å². The molecule has 1 atom stereocenters. The summed E-state index contributed by atoms with van der Waals surface area (Å²) in [4.78, 5) is 10.7. The zero-order valence-corrected chi connectivity index (χ0v) is 10.9. The smallest absolute Gasteiger partial charge is 0.335 e. The molecule has 0 fully saturated rings. The van der Waals surface area contributed by atoms with Crippen LogP contribution in [0.2, 0.25) is 0 Å². The van der Waals surface area contributed by atoms with Crippen molar-refractivity contribution in [3.8, 4) is 0 Å². The highest BCUT2D eigenvalue weighted by molar-refractivity contribution is 5.88. The third-order valence-electron chi connectivity index (χ3n) is 2.84. The molecule has 106 valence electrons. The molecule has 4 nitrogen and oxygen atoms in total. The first-order valence-electron chi connectivity index (χ1n) is 5.93. The van der Waals surface area contributed by atoms with E-state index in [1.54, 1.807) is 26.0 Å². The summed E-state index contributed by atoms with van der Waals surface area (Å²) in [7, 11) is 0. The van der Waals surface area contributed by atoms with Crippen molar-refractivity contribution in [3.05, 3.63) is 53.0 Å². The van der Waals surface area contributed by atoms with Gasteiger partial charge in [-0.2, -0.15) is 0 Å². The van der Waals surface area contributed by atoms with Crippen molar-refractivity contribution >= 4 is 11.7 Å². The molecule has 20 heavy (non-hydrogen) atoms. The van der Waals surface area contributed by atoms with Crippen LogP contribution in [0.1, 0.15) is 34.8 Å². The number of carbonyl (C=O) groups is 1. The monoisotopic (exact) mass is 281 g/mol. The Labute approximate surface area is 114 Å². The SMILES string of the molecule is Cc1ccc(C(C)Nc2c(F)cc(C(=O)O)cc2F)o1. The van der Waals surface area contributed by atoms with Crippen LogP contribution in [0.15, 0.2) is 28.7 Å². The van der Waals surface area contributed by atoms with E-state index in [9.17, 15) is 13.6 Å². The van der Waals surface area contributed by atoms with Crippen molar-refractivity contribution in [1.82, 2.24) is 0 Å². The van der Waals surface area contributed by atoms with E-state index in [0.717, 1.165) is 12.1 Å². The summed E-state index contributed by atoms with van der Waals surface area (Å²) >= 11 is 0. The zero-order chi connectivity index (χ0) is 14.9. The van der Waals surface area contributed by atoms with Crippen LogP contribution < -0.4 is 5.32 Å². The molecule has 0 spiro atoms. The van der Waals surface area contributed by atoms with E-state index in [2.05, 4.69) is 5.32 Å². The van der Waals surface area contributed by atoms with Gasteiger partial charge in [-0.05, 0) is 38.1 Å². The van der Waals surface area contributed by atoms with Gasteiger partial charge in [-0.3, -0.25) is 0 Å². The minimum atomic E-state index is -1.39. The molecule has 2 N–H and O–H groups in total. The second-order valence-electron chi connectivity index (χ2n) is 4.43. The molecule has 0 aliphatic heterocycles. The summed E-state index contributed by atoms with van der Waals surface area (Å²) < 4.78 is 32.9. The second-order valence-corrected chi connectivity index (χ2v) is 4.43. The van der Waals surface area contributed by atoms with E-state index in [0.29, 0.717) is 11.5 Å². The van der Waals surface area contributed by atoms with Gasteiger partial charge in [0.1, 0.15) is 28.8 Å². The molecule has 0 bridgehead atoms. The molecule has 0 saturated carbocycles. The summed E-state index contributed by atoms with van der Waals surface area (Å²) in [6.07, 6.45) is 0. The zero-order valence-electron chi connectivity index (χ0n) is 10.9. The highest BCUT2D eigenvalue weighted by Crippen LogP contribution is 2.26. The first-order chi connectivity index (χ1) is 9.38. The fourth-order valence-corrected chi connectivity index (χ4v) is 1.81. The van der Waals surface area contributed by atoms with E-state index >= 15 is 0 Å². The predicted octanol–water partition coefficient (Wildman–Crippen LogP) is 3.74. The summed E-state index contributed by atoms with van der Waals surface area (Å²) in [5.41, 5.74) is -0.816. The lowest BCUT2D eigenvalue weighted by atomic mass is 10.1. The van der Waals surface area contributed by atoms with Gasteiger partial charge in [-0.25, -0.2) is 13.6 Å². The van der Waals surface area contributed by atoms with Gasteiger partial charge in [0.15, 0.2) is 0 Å². The Hall–Kier alpha value is -2.37. The van der Waals surface area contributed by atoms with Gasteiger partial charge in [-0.15, -0.1) is 0 Å². The average molecular weight is 281 g/mol. The Kier molecular flexibility index (Phi) is 3.74. The number of carboxylic acids is 1. The Morgan fingerprint density at radius 1 is 1.30 bits per heavy atom. The van der Waals surface area contributed by atoms with Crippen LogP contribution in [0, 0.1) is 18.6 Å². The number of carboxylic acid groups (broad SMARTS) is 1. The minimum Gasteiger partial charge on any atom is -0.478 e. The van der Waals surface area contributed by atoms with Gasteiger partial charge < -0.3 is 14.8 Å². The molecular weight excluding hydrogens is 268 g/mol. The highest BCUT2D eigenvalue weighted by Gasteiger charge is 2.18. The largest absolute Gasteiger partial charge is 0.478 e. The Balaban J connectivity index is 2.27. The van der Waals surface area contributed by atoms with Crippen LogP contribution in [0.5, 0.6) is 0 Å². The molecule has 2 rings (SSSR count). The van der Waals surface area contributed by atoms with E-state index in [1.807, 2.05) is 0 Å². The lowest BCUT2D eigenvalue weighted by molar-refractivity contribution is 0.0696. The van der Waals surface area contributed by atoms with Crippen LogP contribution in [0.4, 0.5) is 14.5 Å². The summed E-state index contributed by atoms with van der Waals surface area (Å²) in [5, 5.41) is 11.4. The van der Waals surface area contributed by atoms with Gasteiger partial charge in [0, 0.05) is 0 Å². The maximum Gasteiger partial charge on any atom is 0.335 e. The third-order valence-corrected chi connectivity index (χ3v) is 2.84. The molecule has 2 aromatic rings. The minimum absolute atomic E-state index is 0.378. The standard InChI is InChI=1S/C14H13F2NO3/c1-7-3-4-12(20-7)8(2)17-13-10(15)5-9(14(18)19)6-11(13)16/h3-6,8,17H,1-2H3,(H,18,19). The lowest BCUT2D eigenvalue weighted by Crippen LogP contribution is -2.10. The number of benzene rings is 1. The summed E-state index contributed by atoms with van der Waals surface area (Å²) in [6, 6.07) is 4.53. The number of furan rings is 1. The summed E-state index contributed by atoms with van der Waals surface area (Å²) in [6.45, 7) is 3.45. The van der Waals surface area contributed by atoms with E-state index in [-0.39, 0.29) is 5.69 Å². The first kappa shape index (κ1) is 14.0. The lowest BCUT2D eigenvalue weighted by Gasteiger charge is -2.14. The van der Waals surface area contributed by atoms with Crippen molar-refractivity contribution in [1.29, 1.82) is 0 Å². The molecule has 1 heterocycles. The maximum atomic E-state index is 13.8. The number of rotatable bonds is 4. The van der Waals surface area contributed by atoms with Gasteiger partial charge >= 0.3 is 5.97 Å². The van der Waals surface area contributed by atoms with E-state index in [1.165, 1.54) is 0 Å². The average Bonchev–Trinajstić information content (AvgIpc) is 2.80. The van der Waals surface area contributed by atoms with E-state index in [4.69, 9.17) is 9.52 Å². The number of hydrogen-bond donors (Lipinski definition) is 2. The molecule has 0 aliphatic rings. The number of halogens is 2. The Morgan fingerprint density at radius 2 is 1.90 bits per heavy atom. The van der Waals surface area contributed by atoms with Crippen LogP contribution in [0.25, 0.3) is 0 Å². The Morgan fingerprint density at radius 3 is 2.35 bits per heavy atom. The number of aromatic carboxylic acids is 1. The first-order valence-corrected chi connectivity index (χ1v) is 5.93. The summed E-state index contributed by atoms with van der Waals surface area (Å²) in [5.74, 6) is -2.08. The third kappa shape index (κ3) is 2.79. The van der Waals surface area contributed by atoms with Gasteiger partial charge in [0.2, 0.25) is 0 Å². The number of aryl methyl sites for hydroxylation is 1. The normalized spacial score (nSPS) is 12.2. The number of anilines is 1. The number of nitrogens with one attached hydrogen (secondary N) is 1. The van der Waals surface area contributed by atoms with Crippen LogP contribution in [-0.4, -0.2) is 11.1 Å². The predicted molar refractivity (Wildman–Crippen MR) is 68.8 cm³/mol. The van der Waals surface area contributed by atoms with Crippen LogP contribution >= 0.6 is 0 Å². The molecule has 0 aliphatic carbocycles. The van der Waals surface area contributed by atoms with Crippen LogP contribution in [0.3, 0.4) is 0 Å². The molecule has 0 amide bonds. The van der Waals surface area contributed by atoms with Gasteiger partial charge in [0.05, 0.1) is 11.6 Å². The maximum absolute atomic E-state index is 13.8. The molecule has 0 saturated heterocycles. The molecule has 1 unspecified atom stereocenters. The van der Waals surface area contributed by atoms with Crippen molar-refractivity contribution in [2.75, 3.05) is 5.32 Å². The number of hydrogen-bond acceptors (Lipinski definition) is 3. The van der Waals surface area contributed by atoms with Crippen LogP contribution in [-0.2, 0) is 0 Å². The van der Waals surface area contributed by atoms with Gasteiger partial charge in [-0.1, -0.05) is 0 Å². The molecular formula is C14H13F2NO3. The van der Waals surface area contributed by atoms with Crippen molar-refractivity contribution in [2.24, 2.45) is 0 Å². The quantitative estimate of drug-likeness (QED) is 0.896. The highest BCUT2D eigenvalue weighted by atomic mass is 19.1. The molecule has 1 aromatic carbocycles. The van der Waals surface area contributed by atoms with Crippen molar-refractivity contribution in [2.45, 2.75) is 19.9 Å². The molecule has 1 aromatic heterocycles. The van der Waals surface area contributed by atoms with Crippen molar-refractivity contribution in [3.63, 3.8) is 0 Å². The van der Waals surface area contributed by atoms with Gasteiger partial charge in [0.25, 0.3) is 0 Å². The molecule has 0 radical (unpaired) electrons. The topological polar surface area (TPSA) is 62.5 Å². The second kappa shape index (κ2) is 5.32. The van der Waals surface area contributed by atoms with E-state index < -0.39 is 29.2 Å². The fraction of sp³-hybridized carbons (Fsp3) is 0.214.